The van der Waals surface area contributed by atoms with Gasteiger partial charge in [-0.3, -0.25) is 0 Å². The SMILES string of the molecule is NCCC(C1CCCCC1)C1CCCCC1. The molecule has 0 spiro atoms. The molecule has 2 saturated carbocycles. The van der Waals surface area contributed by atoms with Crippen LogP contribution in [0.4, 0.5) is 0 Å². The van der Waals surface area contributed by atoms with Crippen LogP contribution in [0, 0.1) is 17.8 Å². The van der Waals surface area contributed by atoms with Crippen molar-refractivity contribution < 1.29 is 0 Å². The van der Waals surface area contributed by atoms with E-state index in [1.54, 1.807) is 0 Å². The van der Waals surface area contributed by atoms with Gasteiger partial charge in [-0.15, -0.1) is 0 Å². The summed E-state index contributed by atoms with van der Waals surface area (Å²) in [4.78, 5) is 0. The Morgan fingerprint density at radius 2 is 1.19 bits per heavy atom. The number of hydrogen-bond donors (Lipinski definition) is 1. The molecule has 0 aromatic heterocycles. The standard InChI is InChI=1S/C15H29N/c16-12-11-15(13-7-3-1-4-8-13)14-9-5-2-6-10-14/h13-15H,1-12,16H2. The fraction of sp³-hybridized carbons (Fsp3) is 1.00. The molecule has 2 aliphatic carbocycles. The van der Waals surface area contributed by atoms with E-state index in [2.05, 4.69) is 0 Å². The average Bonchev–Trinajstić information content (AvgIpc) is 2.38. The average molecular weight is 223 g/mol. The lowest BCUT2D eigenvalue weighted by atomic mass is 9.68. The maximum absolute atomic E-state index is 5.84. The van der Waals surface area contributed by atoms with E-state index >= 15 is 0 Å². The quantitative estimate of drug-likeness (QED) is 0.762. The molecule has 0 unspecified atom stereocenters. The maximum atomic E-state index is 5.84. The summed E-state index contributed by atoms with van der Waals surface area (Å²) in [5.41, 5.74) is 5.84. The minimum absolute atomic E-state index is 0.914. The van der Waals surface area contributed by atoms with Crippen LogP contribution in [0.5, 0.6) is 0 Å². The highest BCUT2D eigenvalue weighted by Crippen LogP contribution is 2.41. The molecule has 0 amide bonds. The van der Waals surface area contributed by atoms with Crippen molar-refractivity contribution in [2.75, 3.05) is 6.54 Å². The molecule has 2 aliphatic rings. The Morgan fingerprint density at radius 1 is 0.750 bits per heavy atom. The van der Waals surface area contributed by atoms with Crippen LogP contribution < -0.4 is 5.73 Å². The highest BCUT2D eigenvalue weighted by atomic mass is 14.5. The van der Waals surface area contributed by atoms with Crippen LogP contribution in [0.15, 0.2) is 0 Å². The van der Waals surface area contributed by atoms with Crippen LogP contribution in [0.2, 0.25) is 0 Å². The van der Waals surface area contributed by atoms with E-state index in [0.717, 1.165) is 24.3 Å². The molecule has 94 valence electrons. The molecular formula is C15H29N. The van der Waals surface area contributed by atoms with Gasteiger partial charge in [0.1, 0.15) is 0 Å². The van der Waals surface area contributed by atoms with Crippen molar-refractivity contribution in [2.24, 2.45) is 23.5 Å². The number of nitrogens with two attached hydrogens (primary N) is 1. The van der Waals surface area contributed by atoms with Crippen molar-refractivity contribution >= 4 is 0 Å². The molecule has 0 aromatic rings. The van der Waals surface area contributed by atoms with E-state index in [9.17, 15) is 0 Å². The fourth-order valence-corrected chi connectivity index (χ4v) is 4.17. The van der Waals surface area contributed by atoms with Gasteiger partial charge in [-0.05, 0) is 30.7 Å². The van der Waals surface area contributed by atoms with Gasteiger partial charge in [-0.25, -0.2) is 0 Å². The molecule has 1 heteroatoms. The summed E-state index contributed by atoms with van der Waals surface area (Å²) in [6.45, 7) is 0.914. The summed E-state index contributed by atoms with van der Waals surface area (Å²) in [6.07, 6.45) is 16.2. The van der Waals surface area contributed by atoms with Crippen molar-refractivity contribution in [1.82, 2.24) is 0 Å². The van der Waals surface area contributed by atoms with E-state index in [1.165, 1.54) is 70.6 Å². The molecule has 0 aliphatic heterocycles. The van der Waals surface area contributed by atoms with Crippen molar-refractivity contribution in [3.05, 3.63) is 0 Å². The molecule has 0 aromatic carbocycles. The van der Waals surface area contributed by atoms with Gasteiger partial charge in [-0.1, -0.05) is 64.2 Å². The van der Waals surface area contributed by atoms with E-state index < -0.39 is 0 Å². The Balaban J connectivity index is 1.91. The molecular weight excluding hydrogens is 194 g/mol. The number of rotatable bonds is 4. The molecule has 0 bridgehead atoms. The first kappa shape index (κ1) is 12.4. The normalized spacial score (nSPS) is 25.1. The van der Waals surface area contributed by atoms with Crippen LogP contribution in [0.1, 0.15) is 70.6 Å². The van der Waals surface area contributed by atoms with Crippen LogP contribution in [0.3, 0.4) is 0 Å². The second-order valence-electron chi connectivity index (χ2n) is 6.04. The summed E-state index contributed by atoms with van der Waals surface area (Å²) in [6, 6.07) is 0. The summed E-state index contributed by atoms with van der Waals surface area (Å²) < 4.78 is 0. The van der Waals surface area contributed by atoms with Crippen LogP contribution in [0.25, 0.3) is 0 Å². The van der Waals surface area contributed by atoms with Gasteiger partial charge < -0.3 is 5.73 Å². The third-order valence-corrected chi connectivity index (χ3v) is 5.01. The van der Waals surface area contributed by atoms with E-state index in [-0.39, 0.29) is 0 Å². The van der Waals surface area contributed by atoms with Crippen LogP contribution >= 0.6 is 0 Å². The van der Waals surface area contributed by atoms with Crippen molar-refractivity contribution in [1.29, 1.82) is 0 Å². The minimum Gasteiger partial charge on any atom is -0.330 e. The molecule has 2 fully saturated rings. The zero-order valence-corrected chi connectivity index (χ0v) is 10.8. The van der Waals surface area contributed by atoms with E-state index in [4.69, 9.17) is 5.73 Å². The van der Waals surface area contributed by atoms with Crippen LogP contribution in [-0.4, -0.2) is 6.54 Å². The molecule has 1 nitrogen and oxygen atoms in total. The lowest BCUT2D eigenvalue weighted by Crippen LogP contribution is -2.29. The summed E-state index contributed by atoms with van der Waals surface area (Å²) >= 11 is 0. The first-order valence-electron chi connectivity index (χ1n) is 7.62. The molecule has 16 heavy (non-hydrogen) atoms. The zero-order valence-electron chi connectivity index (χ0n) is 10.8. The van der Waals surface area contributed by atoms with Gasteiger partial charge in [0.15, 0.2) is 0 Å². The first-order chi connectivity index (χ1) is 7.92. The molecule has 0 radical (unpaired) electrons. The summed E-state index contributed by atoms with van der Waals surface area (Å²) in [5, 5.41) is 0. The monoisotopic (exact) mass is 223 g/mol. The summed E-state index contributed by atoms with van der Waals surface area (Å²) in [5.74, 6) is 3.03. The lowest BCUT2D eigenvalue weighted by molar-refractivity contribution is 0.137. The fourth-order valence-electron chi connectivity index (χ4n) is 4.17. The minimum atomic E-state index is 0.914. The second-order valence-corrected chi connectivity index (χ2v) is 6.04. The van der Waals surface area contributed by atoms with Gasteiger partial charge in [0.05, 0.1) is 0 Å². The predicted octanol–water partition coefficient (Wildman–Crippen LogP) is 4.11. The predicted molar refractivity (Wildman–Crippen MR) is 70.3 cm³/mol. The molecule has 0 heterocycles. The van der Waals surface area contributed by atoms with Crippen molar-refractivity contribution in [2.45, 2.75) is 70.6 Å². The molecule has 0 atom stereocenters. The number of hydrogen-bond acceptors (Lipinski definition) is 1. The van der Waals surface area contributed by atoms with E-state index in [1.807, 2.05) is 0 Å². The Bertz CT molecular complexity index is 160. The Hall–Kier alpha value is -0.0400. The van der Waals surface area contributed by atoms with Gasteiger partial charge in [0.2, 0.25) is 0 Å². The van der Waals surface area contributed by atoms with Crippen molar-refractivity contribution in [3.8, 4) is 0 Å². The Labute approximate surface area is 101 Å². The smallest absolute Gasteiger partial charge is 0.00744 e. The highest BCUT2D eigenvalue weighted by Gasteiger charge is 2.30. The van der Waals surface area contributed by atoms with Crippen molar-refractivity contribution in [3.63, 3.8) is 0 Å². The highest BCUT2D eigenvalue weighted by molar-refractivity contribution is 4.81. The molecule has 2 rings (SSSR count). The third kappa shape index (κ3) is 3.23. The Kier molecular flexibility index (Phi) is 5.15. The largest absolute Gasteiger partial charge is 0.330 e. The zero-order chi connectivity index (χ0) is 11.2. The lowest BCUT2D eigenvalue weighted by Gasteiger charge is -2.37. The molecule has 0 saturated heterocycles. The Morgan fingerprint density at radius 3 is 1.56 bits per heavy atom. The maximum Gasteiger partial charge on any atom is -0.00744 e. The topological polar surface area (TPSA) is 26.0 Å². The van der Waals surface area contributed by atoms with Gasteiger partial charge in [0, 0.05) is 0 Å². The van der Waals surface area contributed by atoms with Gasteiger partial charge >= 0.3 is 0 Å². The third-order valence-electron chi connectivity index (χ3n) is 5.01. The molecule has 2 N–H and O–H groups in total. The van der Waals surface area contributed by atoms with Gasteiger partial charge in [0.25, 0.3) is 0 Å². The summed E-state index contributed by atoms with van der Waals surface area (Å²) in [7, 11) is 0. The second kappa shape index (κ2) is 6.64. The first-order valence-corrected chi connectivity index (χ1v) is 7.62. The van der Waals surface area contributed by atoms with Gasteiger partial charge in [-0.2, -0.15) is 0 Å². The van der Waals surface area contributed by atoms with Crippen LogP contribution in [-0.2, 0) is 0 Å². The van der Waals surface area contributed by atoms with E-state index in [0.29, 0.717) is 0 Å².